The minimum absolute atomic E-state index is 0.00353. The van der Waals surface area contributed by atoms with E-state index in [1.165, 1.54) is 14.1 Å². The number of nitrogens with one attached hydrogen (secondary N) is 1. The summed E-state index contributed by atoms with van der Waals surface area (Å²) >= 11 is 2.92. The fourth-order valence-electron chi connectivity index (χ4n) is 1.44. The molecule has 1 aromatic carbocycles. The molecule has 0 atom stereocenters. The van der Waals surface area contributed by atoms with Crippen molar-refractivity contribution in [1.29, 1.82) is 0 Å². The number of hydrogen-bond acceptors (Lipinski definition) is 4. The van der Waals surface area contributed by atoms with Gasteiger partial charge in [-0.15, -0.1) is 0 Å². The van der Waals surface area contributed by atoms with Crippen LogP contribution in [0.3, 0.4) is 0 Å². The highest BCUT2D eigenvalue weighted by Gasteiger charge is 2.25. The molecule has 1 rings (SSSR count). The van der Waals surface area contributed by atoms with Crippen LogP contribution in [0, 0.1) is 5.82 Å². The zero-order chi connectivity index (χ0) is 15.5. The molecule has 1 amide bonds. The van der Waals surface area contributed by atoms with E-state index in [1.54, 1.807) is 0 Å². The Bertz CT molecular complexity index is 622. The smallest absolute Gasteiger partial charge is 0.244 e. The SMILES string of the molecule is CNC(=O)CCN(C)S(=O)(=O)c1cc(Br)c(F)cc1N. The third kappa shape index (κ3) is 3.68. The second kappa shape index (κ2) is 6.51. The molecule has 0 heterocycles. The molecule has 0 bridgehead atoms. The van der Waals surface area contributed by atoms with Gasteiger partial charge in [-0.1, -0.05) is 0 Å². The van der Waals surface area contributed by atoms with Crippen LogP contribution in [0.4, 0.5) is 10.1 Å². The summed E-state index contributed by atoms with van der Waals surface area (Å²) in [5.41, 5.74) is 5.37. The number of nitrogens with two attached hydrogens (primary N) is 1. The van der Waals surface area contributed by atoms with E-state index in [0.717, 1.165) is 16.4 Å². The molecule has 1 aromatic rings. The molecule has 0 aromatic heterocycles. The summed E-state index contributed by atoms with van der Waals surface area (Å²) < 4.78 is 38.8. The lowest BCUT2D eigenvalue weighted by Gasteiger charge is -2.18. The molecule has 0 unspecified atom stereocenters. The molecule has 0 spiro atoms. The number of halogens is 2. The second-order valence-electron chi connectivity index (χ2n) is 4.05. The van der Waals surface area contributed by atoms with Crippen molar-refractivity contribution in [3.8, 4) is 0 Å². The van der Waals surface area contributed by atoms with Crippen molar-refractivity contribution < 1.29 is 17.6 Å². The molecule has 20 heavy (non-hydrogen) atoms. The van der Waals surface area contributed by atoms with E-state index in [4.69, 9.17) is 5.73 Å². The lowest BCUT2D eigenvalue weighted by atomic mass is 10.3. The summed E-state index contributed by atoms with van der Waals surface area (Å²) in [6.07, 6.45) is 0.0223. The van der Waals surface area contributed by atoms with Crippen molar-refractivity contribution in [2.24, 2.45) is 0 Å². The number of nitrogen functional groups attached to an aromatic ring is 1. The number of carbonyl (C=O) groups excluding carboxylic acids is 1. The van der Waals surface area contributed by atoms with E-state index in [0.29, 0.717) is 0 Å². The third-order valence-electron chi connectivity index (χ3n) is 2.67. The quantitative estimate of drug-likeness (QED) is 0.757. The van der Waals surface area contributed by atoms with Crippen LogP contribution in [0.2, 0.25) is 0 Å². The van der Waals surface area contributed by atoms with Gasteiger partial charge < -0.3 is 11.1 Å². The number of anilines is 1. The van der Waals surface area contributed by atoms with Gasteiger partial charge in [-0.3, -0.25) is 4.79 Å². The van der Waals surface area contributed by atoms with Crippen molar-refractivity contribution in [2.75, 3.05) is 26.4 Å². The van der Waals surface area contributed by atoms with Crippen molar-refractivity contribution in [3.63, 3.8) is 0 Å². The Kier molecular flexibility index (Phi) is 5.49. The number of carbonyl (C=O) groups is 1. The molecule has 6 nitrogen and oxygen atoms in total. The molecule has 0 radical (unpaired) electrons. The van der Waals surface area contributed by atoms with E-state index in [1.807, 2.05) is 0 Å². The molecule has 9 heteroatoms. The van der Waals surface area contributed by atoms with Gasteiger partial charge in [0.05, 0.1) is 10.2 Å². The number of amides is 1. The average Bonchev–Trinajstić information content (AvgIpc) is 2.39. The standard InChI is InChI=1S/C11H15BrFN3O3S/c1-15-11(17)3-4-16(2)20(18,19)10-5-7(12)8(13)6-9(10)14/h5-6H,3-4,14H2,1-2H3,(H,15,17). The zero-order valence-electron chi connectivity index (χ0n) is 11.0. The average molecular weight is 368 g/mol. The van der Waals surface area contributed by atoms with Crippen LogP contribution >= 0.6 is 15.9 Å². The number of rotatable bonds is 5. The number of hydrogen-bond donors (Lipinski definition) is 2. The van der Waals surface area contributed by atoms with Gasteiger partial charge in [0.15, 0.2) is 0 Å². The minimum atomic E-state index is -3.88. The van der Waals surface area contributed by atoms with Crippen LogP contribution in [0.5, 0.6) is 0 Å². The molecular weight excluding hydrogens is 353 g/mol. The Morgan fingerprint density at radius 2 is 2.10 bits per heavy atom. The van der Waals surface area contributed by atoms with Gasteiger partial charge in [-0.05, 0) is 28.1 Å². The fraction of sp³-hybridized carbons (Fsp3) is 0.364. The molecule has 112 valence electrons. The lowest BCUT2D eigenvalue weighted by Crippen LogP contribution is -2.32. The van der Waals surface area contributed by atoms with Gasteiger partial charge in [0, 0.05) is 27.1 Å². The van der Waals surface area contributed by atoms with Crippen molar-refractivity contribution >= 4 is 37.5 Å². The fourth-order valence-corrected chi connectivity index (χ4v) is 3.23. The minimum Gasteiger partial charge on any atom is -0.398 e. The van der Waals surface area contributed by atoms with Gasteiger partial charge in [0.1, 0.15) is 10.7 Å². The summed E-state index contributed by atoms with van der Waals surface area (Å²) in [6, 6.07) is 2.04. The molecule has 0 aliphatic rings. The maximum absolute atomic E-state index is 13.3. The lowest BCUT2D eigenvalue weighted by molar-refractivity contribution is -0.120. The molecule has 0 fully saturated rings. The van der Waals surface area contributed by atoms with Crippen molar-refractivity contribution in [1.82, 2.24) is 9.62 Å². The molecule has 0 aliphatic heterocycles. The van der Waals surface area contributed by atoms with Crippen LogP contribution < -0.4 is 11.1 Å². The van der Waals surface area contributed by atoms with E-state index >= 15 is 0 Å². The summed E-state index contributed by atoms with van der Waals surface area (Å²) in [5.74, 6) is -0.922. The summed E-state index contributed by atoms with van der Waals surface area (Å²) in [4.78, 5) is 10.9. The first-order valence-electron chi connectivity index (χ1n) is 5.61. The first-order chi connectivity index (χ1) is 9.20. The number of nitrogens with zero attached hydrogens (tertiary/aromatic N) is 1. The van der Waals surface area contributed by atoms with Crippen LogP contribution in [0.25, 0.3) is 0 Å². The molecule has 0 saturated heterocycles. The van der Waals surface area contributed by atoms with Crippen LogP contribution in [-0.4, -0.2) is 39.3 Å². The molecular formula is C11H15BrFN3O3S. The zero-order valence-corrected chi connectivity index (χ0v) is 13.4. The van der Waals surface area contributed by atoms with E-state index in [9.17, 15) is 17.6 Å². The predicted molar refractivity (Wildman–Crippen MR) is 77.0 cm³/mol. The van der Waals surface area contributed by atoms with Crippen LogP contribution in [0.1, 0.15) is 6.42 Å². The normalized spacial score (nSPS) is 11.7. The molecule has 0 aliphatic carbocycles. The highest BCUT2D eigenvalue weighted by Crippen LogP contribution is 2.28. The Balaban J connectivity index is 3.04. The van der Waals surface area contributed by atoms with Crippen molar-refractivity contribution in [2.45, 2.75) is 11.3 Å². The Labute approximate surface area is 125 Å². The van der Waals surface area contributed by atoms with Crippen LogP contribution in [-0.2, 0) is 14.8 Å². The predicted octanol–water partition coefficient (Wildman–Crippen LogP) is 0.927. The Morgan fingerprint density at radius 3 is 2.65 bits per heavy atom. The molecule has 0 saturated carbocycles. The van der Waals surface area contributed by atoms with Gasteiger partial charge in [-0.2, -0.15) is 0 Å². The highest BCUT2D eigenvalue weighted by molar-refractivity contribution is 9.10. The van der Waals surface area contributed by atoms with E-state index in [-0.39, 0.29) is 33.9 Å². The monoisotopic (exact) mass is 367 g/mol. The van der Waals surface area contributed by atoms with Gasteiger partial charge in [0.25, 0.3) is 0 Å². The van der Waals surface area contributed by atoms with Crippen molar-refractivity contribution in [3.05, 3.63) is 22.4 Å². The Morgan fingerprint density at radius 1 is 1.50 bits per heavy atom. The van der Waals surface area contributed by atoms with Gasteiger partial charge in [0.2, 0.25) is 15.9 Å². The summed E-state index contributed by atoms with van der Waals surface area (Å²) in [7, 11) is -1.09. The van der Waals surface area contributed by atoms with E-state index < -0.39 is 15.8 Å². The van der Waals surface area contributed by atoms with E-state index in [2.05, 4.69) is 21.2 Å². The number of sulfonamides is 1. The summed E-state index contributed by atoms with van der Waals surface area (Å²) in [6.45, 7) is -0.00353. The van der Waals surface area contributed by atoms with Gasteiger partial charge in [-0.25, -0.2) is 17.1 Å². The van der Waals surface area contributed by atoms with Crippen LogP contribution in [0.15, 0.2) is 21.5 Å². The highest BCUT2D eigenvalue weighted by atomic mass is 79.9. The maximum atomic E-state index is 13.3. The third-order valence-corrected chi connectivity index (χ3v) is 5.19. The summed E-state index contributed by atoms with van der Waals surface area (Å²) in [5, 5.41) is 2.40. The maximum Gasteiger partial charge on any atom is 0.244 e. The first-order valence-corrected chi connectivity index (χ1v) is 7.85. The molecule has 3 N–H and O–H groups in total. The number of benzene rings is 1. The largest absolute Gasteiger partial charge is 0.398 e. The van der Waals surface area contributed by atoms with Gasteiger partial charge >= 0.3 is 0 Å². The second-order valence-corrected chi connectivity index (χ2v) is 6.92. The first kappa shape index (κ1) is 16.9. The Hall–Kier alpha value is -1.19. The topological polar surface area (TPSA) is 92.5 Å².